The number of nitrogens with one attached hydrogen (secondary N) is 1. The molecule has 0 aliphatic heterocycles. The molecule has 0 radical (unpaired) electrons. The van der Waals surface area contributed by atoms with Gasteiger partial charge in [0, 0.05) is 29.7 Å². The second-order valence-electron chi connectivity index (χ2n) is 6.24. The molecule has 0 aliphatic rings. The molecule has 1 amide bonds. The third kappa shape index (κ3) is 5.40. The van der Waals surface area contributed by atoms with E-state index in [1.807, 2.05) is 38.1 Å². The van der Waals surface area contributed by atoms with Gasteiger partial charge < -0.3 is 4.90 Å². The Hall–Kier alpha value is -1.70. The maximum Gasteiger partial charge on any atom is 0.253 e. The molecule has 2 rings (SSSR count). The molecule has 7 heteroatoms. The number of rotatable bonds is 7. The zero-order valence-electron chi connectivity index (χ0n) is 15.1. The molecular formula is C19H23BrN2O3S. The van der Waals surface area contributed by atoms with Crippen molar-refractivity contribution in [3.8, 4) is 0 Å². The number of benzene rings is 2. The fourth-order valence-electron chi connectivity index (χ4n) is 2.35. The summed E-state index contributed by atoms with van der Waals surface area (Å²) in [5.74, 6) is -0.160. The molecule has 0 spiro atoms. The Morgan fingerprint density at radius 1 is 1.12 bits per heavy atom. The summed E-state index contributed by atoms with van der Waals surface area (Å²) in [5.41, 5.74) is 1.47. The maximum atomic E-state index is 12.6. The van der Waals surface area contributed by atoms with Gasteiger partial charge in [-0.25, -0.2) is 13.1 Å². The number of halogens is 1. The van der Waals surface area contributed by atoms with Crippen LogP contribution in [-0.2, 0) is 16.6 Å². The average molecular weight is 439 g/mol. The fraction of sp³-hybridized carbons (Fsp3) is 0.316. The molecule has 140 valence electrons. The SMILES string of the molecule is CCC(C)NS(=O)(=O)c1ccc(C(=O)N(C)Cc2ccc(Br)cc2)cc1. The third-order valence-electron chi connectivity index (χ3n) is 4.06. The van der Waals surface area contributed by atoms with Crippen molar-refractivity contribution in [2.45, 2.75) is 37.8 Å². The maximum absolute atomic E-state index is 12.6. The van der Waals surface area contributed by atoms with Crippen LogP contribution in [0.3, 0.4) is 0 Å². The molecule has 2 aromatic rings. The second-order valence-corrected chi connectivity index (χ2v) is 8.87. The smallest absolute Gasteiger partial charge is 0.253 e. The Bertz CT molecular complexity index is 849. The molecule has 0 heterocycles. The van der Waals surface area contributed by atoms with Crippen LogP contribution < -0.4 is 4.72 Å². The van der Waals surface area contributed by atoms with E-state index < -0.39 is 10.0 Å². The van der Waals surface area contributed by atoms with Gasteiger partial charge in [0.2, 0.25) is 10.0 Å². The van der Waals surface area contributed by atoms with Crippen molar-refractivity contribution in [3.05, 3.63) is 64.1 Å². The number of hydrogen-bond donors (Lipinski definition) is 1. The van der Waals surface area contributed by atoms with E-state index >= 15 is 0 Å². The van der Waals surface area contributed by atoms with Gasteiger partial charge in [0.1, 0.15) is 0 Å². The summed E-state index contributed by atoms with van der Waals surface area (Å²) >= 11 is 3.38. The number of carbonyl (C=O) groups is 1. The van der Waals surface area contributed by atoms with Gasteiger partial charge in [0.15, 0.2) is 0 Å². The normalized spacial score (nSPS) is 12.6. The van der Waals surface area contributed by atoms with Gasteiger partial charge >= 0.3 is 0 Å². The molecule has 0 aliphatic carbocycles. The van der Waals surface area contributed by atoms with Crippen LogP contribution in [0.25, 0.3) is 0 Å². The molecule has 0 saturated carbocycles. The van der Waals surface area contributed by atoms with E-state index in [-0.39, 0.29) is 16.8 Å². The van der Waals surface area contributed by atoms with Gasteiger partial charge in [-0.05, 0) is 55.3 Å². The van der Waals surface area contributed by atoms with Crippen molar-refractivity contribution in [3.63, 3.8) is 0 Å². The summed E-state index contributed by atoms with van der Waals surface area (Å²) < 4.78 is 28.1. The number of amides is 1. The van der Waals surface area contributed by atoms with Crippen LogP contribution in [0.15, 0.2) is 57.9 Å². The van der Waals surface area contributed by atoms with Gasteiger partial charge in [-0.2, -0.15) is 0 Å². The van der Waals surface area contributed by atoms with Crippen molar-refractivity contribution in [1.29, 1.82) is 0 Å². The fourth-order valence-corrected chi connectivity index (χ4v) is 3.94. The molecule has 0 saturated heterocycles. The lowest BCUT2D eigenvalue weighted by molar-refractivity contribution is 0.0785. The lowest BCUT2D eigenvalue weighted by Crippen LogP contribution is -2.32. The summed E-state index contributed by atoms with van der Waals surface area (Å²) in [4.78, 5) is 14.3. The van der Waals surface area contributed by atoms with Crippen LogP contribution in [-0.4, -0.2) is 32.3 Å². The molecule has 1 unspecified atom stereocenters. The second kappa shape index (κ2) is 8.79. The first kappa shape index (κ1) is 20.6. The van der Waals surface area contributed by atoms with E-state index in [2.05, 4.69) is 20.7 Å². The highest BCUT2D eigenvalue weighted by molar-refractivity contribution is 9.10. The van der Waals surface area contributed by atoms with Crippen molar-refractivity contribution in [1.82, 2.24) is 9.62 Å². The van der Waals surface area contributed by atoms with Crippen LogP contribution in [0.2, 0.25) is 0 Å². The molecule has 1 atom stereocenters. The van der Waals surface area contributed by atoms with Crippen LogP contribution >= 0.6 is 15.9 Å². The lowest BCUT2D eigenvalue weighted by Gasteiger charge is -2.18. The Morgan fingerprint density at radius 3 is 2.23 bits per heavy atom. The highest BCUT2D eigenvalue weighted by Gasteiger charge is 2.18. The molecular weight excluding hydrogens is 416 g/mol. The molecule has 2 aromatic carbocycles. The van der Waals surface area contributed by atoms with Gasteiger partial charge in [-0.15, -0.1) is 0 Å². The van der Waals surface area contributed by atoms with E-state index in [0.29, 0.717) is 18.5 Å². The summed E-state index contributed by atoms with van der Waals surface area (Å²) in [5, 5.41) is 0. The number of carbonyl (C=O) groups excluding carboxylic acids is 1. The third-order valence-corrected chi connectivity index (χ3v) is 6.19. The molecule has 1 N–H and O–H groups in total. The van der Waals surface area contributed by atoms with Crippen LogP contribution in [0.5, 0.6) is 0 Å². The monoisotopic (exact) mass is 438 g/mol. The number of nitrogens with zero attached hydrogens (tertiary/aromatic N) is 1. The minimum absolute atomic E-state index is 0.140. The number of hydrogen-bond acceptors (Lipinski definition) is 3. The Morgan fingerprint density at radius 2 is 1.69 bits per heavy atom. The molecule has 26 heavy (non-hydrogen) atoms. The van der Waals surface area contributed by atoms with Crippen molar-refractivity contribution >= 4 is 31.9 Å². The quantitative estimate of drug-likeness (QED) is 0.714. The van der Waals surface area contributed by atoms with Crippen molar-refractivity contribution < 1.29 is 13.2 Å². The summed E-state index contributed by atoms with van der Waals surface area (Å²) in [6.07, 6.45) is 0.705. The van der Waals surface area contributed by atoms with Crippen LogP contribution in [0, 0.1) is 0 Å². The topological polar surface area (TPSA) is 66.5 Å². The average Bonchev–Trinajstić information content (AvgIpc) is 2.62. The highest BCUT2D eigenvalue weighted by Crippen LogP contribution is 2.15. The van der Waals surface area contributed by atoms with E-state index in [0.717, 1.165) is 10.0 Å². The molecule has 5 nitrogen and oxygen atoms in total. The van der Waals surface area contributed by atoms with E-state index in [4.69, 9.17) is 0 Å². The number of sulfonamides is 1. The minimum atomic E-state index is -3.57. The standard InChI is InChI=1S/C19H23BrN2O3S/c1-4-14(2)21-26(24,25)18-11-7-16(8-12-18)19(23)22(3)13-15-5-9-17(20)10-6-15/h5-12,14,21H,4,13H2,1-3H3. The van der Waals surface area contributed by atoms with Gasteiger partial charge in [0.05, 0.1) is 4.90 Å². The predicted octanol–water partition coefficient (Wildman–Crippen LogP) is 3.80. The van der Waals surface area contributed by atoms with E-state index in [1.165, 1.54) is 12.1 Å². The lowest BCUT2D eigenvalue weighted by atomic mass is 10.1. The van der Waals surface area contributed by atoms with E-state index in [9.17, 15) is 13.2 Å². The Balaban J connectivity index is 2.09. The zero-order valence-corrected chi connectivity index (χ0v) is 17.5. The molecule has 0 fully saturated rings. The van der Waals surface area contributed by atoms with Crippen molar-refractivity contribution in [2.24, 2.45) is 0 Å². The van der Waals surface area contributed by atoms with Crippen LogP contribution in [0.1, 0.15) is 36.2 Å². The van der Waals surface area contributed by atoms with Crippen LogP contribution in [0.4, 0.5) is 0 Å². The summed E-state index contributed by atoms with van der Waals surface area (Å²) in [7, 11) is -1.84. The van der Waals surface area contributed by atoms with Gasteiger partial charge in [0.25, 0.3) is 5.91 Å². The molecule has 0 aromatic heterocycles. The first-order valence-electron chi connectivity index (χ1n) is 8.35. The highest BCUT2D eigenvalue weighted by atomic mass is 79.9. The minimum Gasteiger partial charge on any atom is -0.337 e. The van der Waals surface area contributed by atoms with Gasteiger partial charge in [-0.3, -0.25) is 4.79 Å². The first-order valence-corrected chi connectivity index (χ1v) is 10.6. The molecule has 0 bridgehead atoms. The zero-order chi connectivity index (χ0) is 19.3. The largest absolute Gasteiger partial charge is 0.337 e. The first-order chi connectivity index (χ1) is 12.2. The van der Waals surface area contributed by atoms with Gasteiger partial charge in [-0.1, -0.05) is 35.0 Å². The summed E-state index contributed by atoms with van der Waals surface area (Å²) in [6.45, 7) is 4.20. The predicted molar refractivity (Wildman–Crippen MR) is 106 cm³/mol. The van der Waals surface area contributed by atoms with Crippen molar-refractivity contribution in [2.75, 3.05) is 7.05 Å². The Labute approximate surface area is 163 Å². The summed E-state index contributed by atoms with van der Waals surface area (Å²) in [6, 6.07) is 13.6. The van der Waals surface area contributed by atoms with E-state index in [1.54, 1.807) is 24.1 Å². The Kier molecular flexibility index (Phi) is 6.97.